The summed E-state index contributed by atoms with van der Waals surface area (Å²) in [6.45, 7) is 35.5. The Labute approximate surface area is 697 Å². The minimum atomic E-state index is 0. The Kier molecular flexibility index (Phi) is 108. The van der Waals surface area contributed by atoms with Crippen molar-refractivity contribution in [2.24, 2.45) is 0 Å². The van der Waals surface area contributed by atoms with E-state index in [9.17, 15) is 0 Å². The van der Waals surface area contributed by atoms with Crippen LogP contribution in [0, 0.1) is 0 Å². The first-order valence-electron chi connectivity index (χ1n) is 33.3. The maximum absolute atomic E-state index is 3.77. The van der Waals surface area contributed by atoms with Crippen LogP contribution in [0.25, 0.3) is 31.0 Å². The second-order valence-corrected chi connectivity index (χ2v) is 22.4. The lowest BCUT2D eigenvalue weighted by atomic mass is 10.0. The molecule has 5 rings (SSSR count). The van der Waals surface area contributed by atoms with E-state index in [0.29, 0.717) is 0 Å². The average molecular weight is 2150 g/mol. The number of halogens is 10. The van der Waals surface area contributed by atoms with Gasteiger partial charge in [0.2, 0.25) is 31.6 Å². The van der Waals surface area contributed by atoms with Gasteiger partial charge in [-0.05, 0) is 57.8 Å². The van der Waals surface area contributed by atoms with Crippen LogP contribution in [0.4, 0.5) is 0 Å². The van der Waals surface area contributed by atoms with E-state index in [2.05, 4.69) is 153 Å². The van der Waals surface area contributed by atoms with Gasteiger partial charge in [0.25, 0.3) is 0 Å². The van der Waals surface area contributed by atoms with Crippen LogP contribution in [-0.2, 0) is 32.7 Å². The molecular weight excluding hydrogens is 2030 g/mol. The van der Waals surface area contributed by atoms with E-state index >= 15 is 0 Å². The normalized spacial score (nSPS) is 9.42. The summed E-state index contributed by atoms with van der Waals surface area (Å²) in [7, 11) is 0. The number of aryl methyl sites for hydroxylation is 5. The number of aromatic nitrogens is 10. The molecule has 5 heterocycles. The van der Waals surface area contributed by atoms with Crippen molar-refractivity contribution in [2.75, 3.05) is 0 Å². The molecule has 0 amide bonds. The van der Waals surface area contributed by atoms with Crippen molar-refractivity contribution < 1.29 is 228 Å². The Hall–Kier alpha value is 0.800. The quantitative estimate of drug-likeness (QED) is 0.0212. The van der Waals surface area contributed by atoms with Crippen molar-refractivity contribution in [2.45, 2.75) is 298 Å². The minimum absolute atomic E-state index is 0. The first-order chi connectivity index (χ1) is 39.8. The Balaban J connectivity index is -0.000000112. The highest BCUT2D eigenvalue weighted by molar-refractivity contribution is 5.15. The smallest absolute Gasteiger partial charge is 0.248 e. The van der Waals surface area contributed by atoms with Gasteiger partial charge in [-0.3, -0.25) is 0 Å². The SMILES string of the molecule is C=Cn1cc[n+](CCCC)c1.C=Cn1cc[n+](CCCCCC)c1.C=Cn1cc[n+](CCCCCCCC)c1.C=Cn1cc[n+](CCCCCCCCCCCC)c1.C=Cn1cc[n+](CCCCCCCCCCCCCCCC)c1.[Br-].[Br-].[Br-].[Br-].[Br-].[I-].[I-].[I-].[I-].[I-]. The molecule has 0 bridgehead atoms. The van der Waals surface area contributed by atoms with Crippen molar-refractivity contribution in [3.63, 3.8) is 0 Å². The van der Waals surface area contributed by atoms with Crippen LogP contribution in [0.2, 0.25) is 0 Å². The zero-order valence-corrected chi connectivity index (χ0v) is 76.0. The molecule has 0 aliphatic heterocycles. The maximum atomic E-state index is 3.77. The van der Waals surface area contributed by atoms with Crippen LogP contribution in [0.5, 0.6) is 0 Å². The molecule has 0 aliphatic carbocycles. The van der Waals surface area contributed by atoms with E-state index in [-0.39, 0.29) is 205 Å². The number of nitrogens with zero attached hydrogens (tertiary/aromatic N) is 10. The minimum Gasteiger partial charge on any atom is -1.00 e. The van der Waals surface area contributed by atoms with Gasteiger partial charge in [-0.25, -0.2) is 45.7 Å². The molecule has 91 heavy (non-hydrogen) atoms. The van der Waals surface area contributed by atoms with Crippen molar-refractivity contribution >= 4 is 31.0 Å². The Morgan fingerprint density at radius 3 is 0.495 bits per heavy atom. The highest BCUT2D eigenvalue weighted by Gasteiger charge is 2.04. The van der Waals surface area contributed by atoms with Gasteiger partial charge in [0, 0.05) is 0 Å². The number of imidazole rings is 5. The topological polar surface area (TPSA) is 44.0 Å². The van der Waals surface area contributed by atoms with Crippen LogP contribution in [0.3, 0.4) is 0 Å². The van der Waals surface area contributed by atoms with Gasteiger partial charge < -0.3 is 205 Å². The number of hydrogen-bond acceptors (Lipinski definition) is 0. The number of unbranched alkanes of at least 4 members (excludes halogenated alkanes) is 31. The first-order valence-corrected chi connectivity index (χ1v) is 33.3. The monoisotopic (exact) mass is 2150 g/mol. The summed E-state index contributed by atoms with van der Waals surface area (Å²) in [6.07, 6.45) is 90.0. The molecule has 0 unspecified atom stereocenters. The van der Waals surface area contributed by atoms with Crippen LogP contribution >= 0.6 is 0 Å². The molecule has 10 nitrogen and oxygen atoms in total. The van der Waals surface area contributed by atoms with Gasteiger partial charge >= 0.3 is 0 Å². The van der Waals surface area contributed by atoms with Crippen LogP contribution in [0.1, 0.15) is 266 Å². The highest BCUT2D eigenvalue weighted by Crippen LogP contribution is 2.14. The van der Waals surface area contributed by atoms with Crippen molar-refractivity contribution in [1.82, 2.24) is 22.8 Å². The zero-order valence-electron chi connectivity index (χ0n) is 57.3. The van der Waals surface area contributed by atoms with Gasteiger partial charge in [-0.1, -0.05) is 241 Å². The molecule has 0 aromatic carbocycles. The fourth-order valence-corrected chi connectivity index (χ4v) is 9.66. The third-order valence-electron chi connectivity index (χ3n) is 15.0. The lowest BCUT2D eigenvalue weighted by Gasteiger charge is -2.03. The molecule has 20 heteroatoms. The first kappa shape index (κ1) is 113. The molecule has 5 aromatic heterocycles. The van der Waals surface area contributed by atoms with Crippen molar-refractivity contribution in [1.29, 1.82) is 0 Å². The van der Waals surface area contributed by atoms with E-state index in [1.54, 1.807) is 6.20 Å². The predicted molar refractivity (Wildman–Crippen MR) is 350 cm³/mol. The zero-order chi connectivity index (χ0) is 58.9. The van der Waals surface area contributed by atoms with Crippen LogP contribution in [-0.4, -0.2) is 22.8 Å². The summed E-state index contributed by atoms with van der Waals surface area (Å²) in [5.74, 6) is 0. The summed E-state index contributed by atoms with van der Waals surface area (Å²) in [5.41, 5.74) is 0. The maximum Gasteiger partial charge on any atom is 0.248 e. The van der Waals surface area contributed by atoms with Gasteiger partial charge in [0.1, 0.15) is 62.0 Å². The van der Waals surface area contributed by atoms with Gasteiger partial charge in [0.05, 0.1) is 63.7 Å². The number of rotatable bonds is 46. The van der Waals surface area contributed by atoms with Crippen molar-refractivity contribution in [3.8, 4) is 0 Å². The fraction of sp³-hybridized carbons (Fsp3) is 0.648. The molecule has 0 atom stereocenters. The third-order valence-corrected chi connectivity index (χ3v) is 15.0. The molecule has 5 aromatic rings. The molecule has 0 N–H and O–H groups in total. The van der Waals surface area contributed by atoms with E-state index in [4.69, 9.17) is 0 Å². The molecule has 0 radical (unpaired) electrons. The summed E-state index contributed by atoms with van der Waals surface area (Å²) < 4.78 is 21.0. The molecule has 0 fully saturated rings. The molecular formula is C71H127Br5I5N10-5. The summed E-state index contributed by atoms with van der Waals surface area (Å²) in [5, 5.41) is 0. The molecule has 0 saturated heterocycles. The summed E-state index contributed by atoms with van der Waals surface area (Å²) in [6, 6.07) is 0. The average Bonchev–Trinajstić information content (AvgIpc) is 4.60. The second-order valence-electron chi connectivity index (χ2n) is 22.4. The lowest BCUT2D eigenvalue weighted by molar-refractivity contribution is -0.696. The standard InChI is InChI=1S/C21H39N2.C17H31N2.C13H23N2.C11H19N2.C9H15N2.5BrH.5HI/c1-3-5-6-7-8-9-10-11-12-13-14-15-16-17-18-23-20-19-22(4-2)21-23;1-3-5-6-7-8-9-10-11-12-13-14-19-16-15-18(4-2)17-19;1-3-5-6-7-8-9-10-15-12-11-14(4-2)13-15;1-3-5-6-7-8-13-10-9-12(4-2)11-13;1-3-5-6-11-8-7-10(4-2)9-11;;;;;;;;;;/h4,19-21H,2-3,5-18H2,1H3;4,15-17H,2-3,5-14H2,1H3;4,11-13H,2-3,5-10H2,1H3;4,9-11H,2-3,5-8H2,1H3;4,7-9H,2-3,5-6H2,1H3;10*1H/q5*+1;;;;;;;;;;/p-10. The van der Waals surface area contributed by atoms with E-state index in [1.165, 1.54) is 231 Å². The Bertz CT molecular complexity index is 2220. The fourth-order valence-electron chi connectivity index (χ4n) is 9.66. The number of hydrogen-bond donors (Lipinski definition) is 0. The molecule has 0 saturated carbocycles. The van der Waals surface area contributed by atoms with Crippen LogP contribution < -0.4 is 228 Å². The highest BCUT2D eigenvalue weighted by atomic mass is 127. The second kappa shape index (κ2) is 86.9. The van der Waals surface area contributed by atoms with E-state index < -0.39 is 0 Å². The van der Waals surface area contributed by atoms with Gasteiger partial charge in [-0.2, -0.15) is 0 Å². The third kappa shape index (κ3) is 69.1. The van der Waals surface area contributed by atoms with Gasteiger partial charge in [-0.15, -0.1) is 0 Å². The molecule has 0 spiro atoms. The Morgan fingerprint density at radius 1 is 0.220 bits per heavy atom. The largest absolute Gasteiger partial charge is 1.00 e. The van der Waals surface area contributed by atoms with E-state index in [0.717, 1.165) is 32.7 Å². The summed E-state index contributed by atoms with van der Waals surface area (Å²) in [4.78, 5) is 0. The van der Waals surface area contributed by atoms with E-state index in [1.807, 2.05) is 78.8 Å². The predicted octanol–water partition coefficient (Wildman–Crippen LogP) is -11.4. The Morgan fingerprint density at radius 2 is 0.352 bits per heavy atom. The molecule has 536 valence electrons. The molecule has 0 aliphatic rings. The van der Waals surface area contributed by atoms with Gasteiger partial charge in [0.15, 0.2) is 0 Å². The summed E-state index contributed by atoms with van der Waals surface area (Å²) >= 11 is 0. The van der Waals surface area contributed by atoms with Crippen LogP contribution in [0.15, 0.2) is 126 Å². The lowest BCUT2D eigenvalue weighted by Crippen LogP contribution is -3.00. The van der Waals surface area contributed by atoms with Crippen molar-refractivity contribution in [3.05, 3.63) is 126 Å².